The summed E-state index contributed by atoms with van der Waals surface area (Å²) < 4.78 is 7.28. The molecule has 1 heterocycles. The summed E-state index contributed by atoms with van der Waals surface area (Å²) in [5.74, 6) is 1.09. The van der Waals surface area contributed by atoms with Crippen LogP contribution in [0.2, 0.25) is 5.02 Å². The Morgan fingerprint density at radius 3 is 2.86 bits per heavy atom. The van der Waals surface area contributed by atoms with Crippen molar-refractivity contribution in [1.82, 2.24) is 9.55 Å². The lowest BCUT2D eigenvalue weighted by Gasteiger charge is -2.05. The molecule has 0 unspecified atom stereocenters. The molecule has 0 N–H and O–H groups in total. The SMILES string of the molecule is Cn1ccnc1CCOC(=O)[C@@H]1C[C@H]1c1ccc(Cl)cc1. The second-order valence-corrected chi connectivity index (χ2v) is 5.81. The summed E-state index contributed by atoms with van der Waals surface area (Å²) in [5.41, 5.74) is 1.16. The molecule has 2 atom stereocenters. The maximum Gasteiger partial charge on any atom is 0.309 e. The second-order valence-electron chi connectivity index (χ2n) is 5.37. The first-order valence-corrected chi connectivity index (χ1v) is 7.41. The van der Waals surface area contributed by atoms with Gasteiger partial charge in [-0.25, -0.2) is 4.98 Å². The predicted octanol–water partition coefficient (Wildman–Crippen LogP) is 2.96. The molecule has 21 heavy (non-hydrogen) atoms. The quantitative estimate of drug-likeness (QED) is 0.798. The van der Waals surface area contributed by atoms with Crippen molar-refractivity contribution in [2.45, 2.75) is 18.8 Å². The van der Waals surface area contributed by atoms with Crippen molar-refractivity contribution in [2.75, 3.05) is 6.61 Å². The van der Waals surface area contributed by atoms with Gasteiger partial charge in [0.15, 0.2) is 0 Å². The molecule has 0 aliphatic heterocycles. The number of hydrogen-bond donors (Lipinski definition) is 0. The van der Waals surface area contributed by atoms with Crippen LogP contribution in [-0.4, -0.2) is 22.1 Å². The molecule has 0 amide bonds. The van der Waals surface area contributed by atoms with E-state index in [0.29, 0.717) is 18.1 Å². The van der Waals surface area contributed by atoms with E-state index in [9.17, 15) is 4.79 Å². The summed E-state index contributed by atoms with van der Waals surface area (Å²) >= 11 is 5.87. The Hall–Kier alpha value is -1.81. The highest BCUT2D eigenvalue weighted by Gasteiger charge is 2.45. The summed E-state index contributed by atoms with van der Waals surface area (Å²) in [6, 6.07) is 7.68. The Balaban J connectivity index is 1.47. The van der Waals surface area contributed by atoms with Gasteiger partial charge in [0.25, 0.3) is 0 Å². The fourth-order valence-electron chi connectivity index (χ4n) is 2.52. The van der Waals surface area contributed by atoms with Gasteiger partial charge in [-0.2, -0.15) is 0 Å². The molecule has 110 valence electrons. The van der Waals surface area contributed by atoms with Gasteiger partial charge in [-0.05, 0) is 30.0 Å². The van der Waals surface area contributed by atoms with Gasteiger partial charge in [-0.3, -0.25) is 4.79 Å². The van der Waals surface area contributed by atoms with Crippen LogP contribution in [0.1, 0.15) is 23.7 Å². The van der Waals surface area contributed by atoms with E-state index in [4.69, 9.17) is 16.3 Å². The lowest BCUT2D eigenvalue weighted by atomic mass is 10.1. The predicted molar refractivity (Wildman–Crippen MR) is 80.2 cm³/mol. The Morgan fingerprint density at radius 2 is 2.19 bits per heavy atom. The van der Waals surface area contributed by atoms with Crippen LogP contribution in [0, 0.1) is 5.92 Å². The lowest BCUT2D eigenvalue weighted by Crippen LogP contribution is -2.12. The molecule has 0 bridgehead atoms. The fraction of sp³-hybridized carbons (Fsp3) is 0.375. The minimum Gasteiger partial charge on any atom is -0.465 e. The van der Waals surface area contributed by atoms with E-state index in [1.54, 1.807) is 6.20 Å². The van der Waals surface area contributed by atoms with Crippen molar-refractivity contribution in [3.05, 3.63) is 53.1 Å². The summed E-state index contributed by atoms with van der Waals surface area (Å²) in [4.78, 5) is 16.2. The normalized spacial score (nSPS) is 20.3. The molecule has 0 spiro atoms. The minimum absolute atomic E-state index is 0.00690. The summed E-state index contributed by atoms with van der Waals surface area (Å²) in [5, 5.41) is 0.716. The first-order valence-electron chi connectivity index (χ1n) is 7.03. The molecule has 5 heteroatoms. The Labute approximate surface area is 128 Å². The largest absolute Gasteiger partial charge is 0.465 e. The van der Waals surface area contributed by atoms with Crippen molar-refractivity contribution in [1.29, 1.82) is 0 Å². The molecule has 2 aromatic rings. The Bertz CT molecular complexity index is 636. The molecular weight excluding hydrogens is 288 g/mol. The van der Waals surface area contributed by atoms with Crippen LogP contribution in [0.25, 0.3) is 0 Å². The number of esters is 1. The van der Waals surface area contributed by atoms with Gasteiger partial charge in [0.2, 0.25) is 0 Å². The van der Waals surface area contributed by atoms with Crippen LogP contribution in [-0.2, 0) is 23.0 Å². The molecule has 1 aromatic carbocycles. The third-order valence-corrected chi connectivity index (χ3v) is 4.13. The van der Waals surface area contributed by atoms with E-state index in [-0.39, 0.29) is 17.8 Å². The number of ether oxygens (including phenoxy) is 1. The number of aromatic nitrogens is 2. The second kappa shape index (κ2) is 5.90. The number of benzene rings is 1. The van der Waals surface area contributed by atoms with Gasteiger partial charge < -0.3 is 9.30 Å². The van der Waals surface area contributed by atoms with E-state index in [2.05, 4.69) is 4.98 Å². The van der Waals surface area contributed by atoms with Crippen molar-refractivity contribution in [3.8, 4) is 0 Å². The molecule has 1 aliphatic carbocycles. The third kappa shape index (κ3) is 3.27. The van der Waals surface area contributed by atoms with Crippen LogP contribution >= 0.6 is 11.6 Å². The highest BCUT2D eigenvalue weighted by molar-refractivity contribution is 6.30. The number of carbonyl (C=O) groups is 1. The van der Waals surface area contributed by atoms with E-state index >= 15 is 0 Å². The van der Waals surface area contributed by atoms with Gasteiger partial charge in [0, 0.05) is 30.9 Å². The topological polar surface area (TPSA) is 44.1 Å². The van der Waals surface area contributed by atoms with Crippen LogP contribution in [0.4, 0.5) is 0 Å². The Morgan fingerprint density at radius 1 is 1.43 bits per heavy atom. The number of rotatable bonds is 5. The summed E-state index contributed by atoms with van der Waals surface area (Å²) in [7, 11) is 1.93. The number of hydrogen-bond acceptors (Lipinski definition) is 3. The molecule has 4 nitrogen and oxygen atoms in total. The lowest BCUT2D eigenvalue weighted by molar-refractivity contribution is -0.145. The fourth-order valence-corrected chi connectivity index (χ4v) is 2.65. The van der Waals surface area contributed by atoms with Crippen LogP contribution in [0.3, 0.4) is 0 Å². The average molecular weight is 305 g/mol. The number of aryl methyl sites for hydroxylation is 1. The van der Waals surface area contributed by atoms with E-state index < -0.39 is 0 Å². The Kier molecular flexibility index (Phi) is 3.97. The van der Waals surface area contributed by atoms with Gasteiger partial charge in [0.1, 0.15) is 5.82 Å². The van der Waals surface area contributed by atoms with E-state index in [1.807, 2.05) is 42.1 Å². The summed E-state index contributed by atoms with van der Waals surface area (Å²) in [6.07, 6.45) is 5.14. The first kappa shape index (κ1) is 14.1. The molecule has 0 saturated heterocycles. The molecule has 1 saturated carbocycles. The molecule has 0 radical (unpaired) electrons. The van der Waals surface area contributed by atoms with Crippen molar-refractivity contribution >= 4 is 17.6 Å². The molecule has 1 fully saturated rings. The molecule has 1 aromatic heterocycles. The molecular formula is C16H17ClN2O2. The molecule has 3 rings (SSSR count). The maximum absolute atomic E-state index is 12.0. The zero-order chi connectivity index (χ0) is 14.8. The molecule has 1 aliphatic rings. The highest BCUT2D eigenvalue weighted by atomic mass is 35.5. The van der Waals surface area contributed by atoms with Gasteiger partial charge in [0.05, 0.1) is 12.5 Å². The van der Waals surface area contributed by atoms with Crippen molar-refractivity contribution < 1.29 is 9.53 Å². The van der Waals surface area contributed by atoms with Crippen molar-refractivity contribution in [2.24, 2.45) is 13.0 Å². The van der Waals surface area contributed by atoms with E-state index in [1.165, 1.54) is 0 Å². The first-order chi connectivity index (χ1) is 10.1. The number of halogens is 1. The van der Waals surface area contributed by atoms with Crippen LogP contribution in [0.15, 0.2) is 36.7 Å². The highest BCUT2D eigenvalue weighted by Crippen LogP contribution is 2.48. The number of carbonyl (C=O) groups excluding carboxylic acids is 1. The van der Waals surface area contributed by atoms with Gasteiger partial charge in [-0.1, -0.05) is 23.7 Å². The zero-order valence-electron chi connectivity index (χ0n) is 11.8. The van der Waals surface area contributed by atoms with Crippen LogP contribution < -0.4 is 0 Å². The maximum atomic E-state index is 12.0. The standard InChI is InChI=1S/C16H17ClN2O2/c1-19-8-7-18-15(19)6-9-21-16(20)14-10-13(14)11-2-4-12(17)5-3-11/h2-5,7-8,13-14H,6,9-10H2,1H3/t13-,14+/m0/s1. The average Bonchev–Trinajstić information content (AvgIpc) is 3.17. The van der Waals surface area contributed by atoms with Crippen molar-refractivity contribution in [3.63, 3.8) is 0 Å². The number of nitrogens with zero attached hydrogens (tertiary/aromatic N) is 2. The van der Waals surface area contributed by atoms with Crippen LogP contribution in [0.5, 0.6) is 0 Å². The van der Waals surface area contributed by atoms with Gasteiger partial charge in [-0.15, -0.1) is 0 Å². The van der Waals surface area contributed by atoms with Gasteiger partial charge >= 0.3 is 5.97 Å². The monoisotopic (exact) mass is 304 g/mol. The summed E-state index contributed by atoms with van der Waals surface area (Å²) in [6.45, 7) is 0.382. The minimum atomic E-state index is -0.107. The zero-order valence-corrected chi connectivity index (χ0v) is 12.6. The number of imidazole rings is 1. The third-order valence-electron chi connectivity index (χ3n) is 3.88. The van der Waals surface area contributed by atoms with E-state index in [0.717, 1.165) is 17.8 Å². The smallest absolute Gasteiger partial charge is 0.309 e.